The zero-order valence-corrected chi connectivity index (χ0v) is 17.1. The maximum Gasteiger partial charge on any atom is 0.252 e. The van der Waals surface area contributed by atoms with E-state index in [-0.39, 0.29) is 11.7 Å². The summed E-state index contributed by atoms with van der Waals surface area (Å²) in [6, 6.07) is 13.3. The van der Waals surface area contributed by atoms with Gasteiger partial charge in [0.1, 0.15) is 11.6 Å². The van der Waals surface area contributed by atoms with E-state index in [1.165, 1.54) is 12.1 Å². The first-order valence-electron chi connectivity index (χ1n) is 10.0. The Hall–Kier alpha value is -3.81. The SMILES string of the molecule is Cc1nn(-c2ccccn2)c2ncc(C(=O)NCCCCOc3ccc(F)cc3)cc12. The topological polar surface area (TPSA) is 81.9 Å². The molecule has 0 unspecified atom stereocenters. The van der Waals surface area contributed by atoms with Gasteiger partial charge < -0.3 is 10.1 Å². The number of carbonyl (C=O) groups excluding carboxylic acids is 1. The van der Waals surface area contributed by atoms with Gasteiger partial charge in [-0.15, -0.1) is 0 Å². The minimum Gasteiger partial charge on any atom is -0.494 e. The van der Waals surface area contributed by atoms with Gasteiger partial charge in [0.2, 0.25) is 0 Å². The average Bonchev–Trinajstić information content (AvgIpc) is 3.13. The molecule has 1 aromatic carbocycles. The summed E-state index contributed by atoms with van der Waals surface area (Å²) in [5.41, 5.74) is 1.92. The molecule has 8 heteroatoms. The van der Waals surface area contributed by atoms with Crippen LogP contribution in [-0.4, -0.2) is 38.8 Å². The number of aryl methyl sites for hydroxylation is 1. The molecule has 0 saturated carbocycles. The van der Waals surface area contributed by atoms with Gasteiger partial charge in [0, 0.05) is 24.3 Å². The van der Waals surface area contributed by atoms with Gasteiger partial charge >= 0.3 is 0 Å². The van der Waals surface area contributed by atoms with Gasteiger partial charge in [-0.1, -0.05) is 6.07 Å². The van der Waals surface area contributed by atoms with Gasteiger partial charge in [0.25, 0.3) is 5.91 Å². The summed E-state index contributed by atoms with van der Waals surface area (Å²) >= 11 is 0. The quantitative estimate of drug-likeness (QED) is 0.439. The first kappa shape index (κ1) is 20.5. The van der Waals surface area contributed by atoms with Crippen LogP contribution in [0.25, 0.3) is 16.9 Å². The minimum absolute atomic E-state index is 0.182. The maximum atomic E-state index is 12.9. The number of hydrogen-bond acceptors (Lipinski definition) is 5. The Morgan fingerprint density at radius 2 is 1.97 bits per heavy atom. The van der Waals surface area contributed by atoms with Crippen LogP contribution in [0.3, 0.4) is 0 Å². The van der Waals surface area contributed by atoms with E-state index in [9.17, 15) is 9.18 Å². The number of amides is 1. The molecule has 1 amide bonds. The molecule has 4 rings (SSSR count). The fourth-order valence-electron chi connectivity index (χ4n) is 3.16. The van der Waals surface area contributed by atoms with Crippen LogP contribution in [0, 0.1) is 12.7 Å². The van der Waals surface area contributed by atoms with Crippen molar-refractivity contribution in [3.8, 4) is 11.6 Å². The Kier molecular flexibility index (Phi) is 6.16. The standard InChI is InChI=1S/C23H22FN5O2/c1-16-20-14-17(15-27-22(20)29(28-16)21-6-2-3-11-25-21)23(30)26-12-4-5-13-31-19-9-7-18(24)8-10-19/h2-3,6-11,14-15H,4-5,12-13H2,1H3,(H,26,30). The maximum absolute atomic E-state index is 12.9. The number of unbranched alkanes of at least 4 members (excludes halogenated alkanes) is 1. The molecule has 4 aromatic rings. The summed E-state index contributed by atoms with van der Waals surface area (Å²) in [7, 11) is 0. The van der Waals surface area contributed by atoms with Crippen LogP contribution in [0.15, 0.2) is 60.9 Å². The van der Waals surface area contributed by atoms with Crippen molar-refractivity contribution in [3.63, 3.8) is 0 Å². The number of halogens is 1. The molecule has 3 aromatic heterocycles. The lowest BCUT2D eigenvalue weighted by molar-refractivity contribution is 0.0952. The fraction of sp³-hybridized carbons (Fsp3) is 0.217. The van der Waals surface area contributed by atoms with E-state index >= 15 is 0 Å². The molecular weight excluding hydrogens is 397 g/mol. The summed E-state index contributed by atoms with van der Waals surface area (Å²) in [5.74, 6) is 0.834. The fourth-order valence-corrected chi connectivity index (χ4v) is 3.16. The number of ether oxygens (including phenoxy) is 1. The molecule has 0 fully saturated rings. The van der Waals surface area contributed by atoms with Crippen molar-refractivity contribution in [2.45, 2.75) is 19.8 Å². The Balaban J connectivity index is 1.31. The van der Waals surface area contributed by atoms with Crippen molar-refractivity contribution in [3.05, 3.63) is 78.0 Å². The third kappa shape index (κ3) is 4.85. The summed E-state index contributed by atoms with van der Waals surface area (Å²) < 4.78 is 20.1. The molecule has 3 heterocycles. The first-order chi connectivity index (χ1) is 15.1. The number of rotatable bonds is 8. The lowest BCUT2D eigenvalue weighted by Gasteiger charge is -2.07. The molecule has 0 atom stereocenters. The highest BCUT2D eigenvalue weighted by Crippen LogP contribution is 2.20. The molecule has 158 valence electrons. The molecule has 0 bridgehead atoms. The highest BCUT2D eigenvalue weighted by molar-refractivity contribution is 5.97. The summed E-state index contributed by atoms with van der Waals surface area (Å²) in [4.78, 5) is 21.3. The highest BCUT2D eigenvalue weighted by atomic mass is 19.1. The van der Waals surface area contributed by atoms with Gasteiger partial charge in [0.05, 0.1) is 17.9 Å². The van der Waals surface area contributed by atoms with Crippen molar-refractivity contribution in [1.29, 1.82) is 0 Å². The van der Waals surface area contributed by atoms with Gasteiger partial charge in [-0.2, -0.15) is 9.78 Å². The minimum atomic E-state index is -0.290. The van der Waals surface area contributed by atoms with Gasteiger partial charge in [0.15, 0.2) is 11.5 Å². The molecule has 0 aliphatic rings. The summed E-state index contributed by atoms with van der Waals surface area (Å²) in [6.45, 7) is 2.91. The van der Waals surface area contributed by atoms with Gasteiger partial charge in [-0.05, 0) is 62.2 Å². The zero-order chi connectivity index (χ0) is 21.6. The normalized spacial score (nSPS) is 10.9. The molecule has 1 N–H and O–H groups in total. The smallest absolute Gasteiger partial charge is 0.252 e. The number of pyridine rings is 2. The highest BCUT2D eigenvalue weighted by Gasteiger charge is 2.14. The molecule has 0 spiro atoms. The van der Waals surface area contributed by atoms with Crippen molar-refractivity contribution >= 4 is 16.9 Å². The van der Waals surface area contributed by atoms with Crippen LogP contribution < -0.4 is 10.1 Å². The van der Waals surface area contributed by atoms with E-state index in [2.05, 4.69) is 20.4 Å². The molecule has 0 radical (unpaired) electrons. The molecule has 7 nitrogen and oxygen atoms in total. The first-order valence-corrected chi connectivity index (χ1v) is 10.0. The average molecular weight is 419 g/mol. The summed E-state index contributed by atoms with van der Waals surface area (Å²) in [5, 5.41) is 8.23. The molecular formula is C23H22FN5O2. The number of carbonyl (C=O) groups is 1. The largest absolute Gasteiger partial charge is 0.494 e. The van der Waals surface area contributed by atoms with Crippen LogP contribution in [-0.2, 0) is 0 Å². The zero-order valence-electron chi connectivity index (χ0n) is 17.1. The van der Waals surface area contributed by atoms with Crippen LogP contribution in [0.5, 0.6) is 5.75 Å². The third-order valence-electron chi connectivity index (χ3n) is 4.77. The van der Waals surface area contributed by atoms with Crippen LogP contribution in [0.2, 0.25) is 0 Å². The number of nitrogens with one attached hydrogen (secondary N) is 1. The number of benzene rings is 1. The van der Waals surface area contributed by atoms with Crippen LogP contribution in [0.4, 0.5) is 4.39 Å². The Morgan fingerprint density at radius 3 is 2.74 bits per heavy atom. The second kappa shape index (κ2) is 9.34. The van der Waals surface area contributed by atoms with Gasteiger partial charge in [-0.3, -0.25) is 4.79 Å². The number of aromatic nitrogens is 4. The summed E-state index contributed by atoms with van der Waals surface area (Å²) in [6.07, 6.45) is 4.78. The molecule has 0 aliphatic heterocycles. The van der Waals surface area contributed by atoms with E-state index in [0.717, 1.165) is 23.9 Å². The monoisotopic (exact) mass is 419 g/mol. The second-order valence-electron chi connectivity index (χ2n) is 7.05. The second-order valence-corrected chi connectivity index (χ2v) is 7.05. The van der Waals surface area contributed by atoms with E-state index in [1.807, 2.05) is 25.1 Å². The number of nitrogens with zero attached hydrogens (tertiary/aromatic N) is 4. The van der Waals surface area contributed by atoms with Crippen molar-refractivity contribution in [2.75, 3.05) is 13.2 Å². The van der Waals surface area contributed by atoms with Crippen molar-refractivity contribution < 1.29 is 13.9 Å². The van der Waals surface area contributed by atoms with E-state index in [4.69, 9.17) is 4.74 Å². The third-order valence-corrected chi connectivity index (χ3v) is 4.77. The van der Waals surface area contributed by atoms with E-state index in [1.54, 1.807) is 35.3 Å². The number of fused-ring (bicyclic) bond motifs is 1. The lowest BCUT2D eigenvalue weighted by Crippen LogP contribution is -2.24. The Bertz CT molecular complexity index is 1180. The Morgan fingerprint density at radius 1 is 1.13 bits per heavy atom. The van der Waals surface area contributed by atoms with Crippen molar-refractivity contribution in [1.82, 2.24) is 25.1 Å². The molecule has 0 aliphatic carbocycles. The van der Waals surface area contributed by atoms with Crippen LogP contribution in [0.1, 0.15) is 28.9 Å². The predicted octanol–water partition coefficient (Wildman–Crippen LogP) is 3.85. The molecule has 0 saturated heterocycles. The number of hydrogen-bond donors (Lipinski definition) is 1. The van der Waals surface area contributed by atoms with Crippen LogP contribution >= 0.6 is 0 Å². The van der Waals surface area contributed by atoms with Gasteiger partial charge in [-0.25, -0.2) is 14.4 Å². The molecule has 31 heavy (non-hydrogen) atoms. The Labute approximate surface area is 178 Å². The van der Waals surface area contributed by atoms with E-state index in [0.29, 0.717) is 35.9 Å². The predicted molar refractivity (Wildman–Crippen MR) is 115 cm³/mol. The lowest BCUT2D eigenvalue weighted by atomic mass is 10.2. The van der Waals surface area contributed by atoms with Crippen molar-refractivity contribution in [2.24, 2.45) is 0 Å². The van der Waals surface area contributed by atoms with E-state index < -0.39 is 0 Å².